The Morgan fingerprint density at radius 3 is 1.33 bits per heavy atom. The minimum absolute atomic E-state index is 1.08. The fourth-order valence-corrected chi connectivity index (χ4v) is 10.7. The van der Waals surface area contributed by atoms with Gasteiger partial charge < -0.3 is 9.47 Å². The molecule has 1 heterocycles. The van der Waals surface area contributed by atoms with Crippen LogP contribution < -0.4 is 4.90 Å². The van der Waals surface area contributed by atoms with Gasteiger partial charge in [-0.2, -0.15) is 0 Å². The highest BCUT2D eigenvalue weighted by atomic mass is 15.1. The molecule has 12 aromatic carbocycles. The molecule has 0 radical (unpaired) electrons. The molecule has 0 fully saturated rings. The number of aromatic nitrogens is 1. The number of para-hydroxylation sites is 2. The van der Waals surface area contributed by atoms with Gasteiger partial charge in [0.15, 0.2) is 0 Å². The van der Waals surface area contributed by atoms with Crippen molar-refractivity contribution in [3.8, 4) is 72.4 Å². The Labute approximate surface area is 420 Å². The van der Waals surface area contributed by atoms with Crippen LogP contribution in [0.25, 0.3) is 105 Å². The SMILES string of the molecule is c1ccc(-c2ccc(N(c3ccc(-c4ccc(-c5cccc6ccccc56)cc4)cc3)c3ccccc3-c3cccc(-c4cccc5c4c4ccccc4n5-c4ccc(-c5ccccc5)cc4)c3)cc2)cc1. The van der Waals surface area contributed by atoms with Crippen LogP contribution in [0.4, 0.5) is 17.1 Å². The second kappa shape index (κ2) is 18.4. The Hall–Kier alpha value is -9.50. The number of anilines is 3. The molecule has 1 aromatic heterocycles. The maximum Gasteiger partial charge on any atom is 0.0547 e. The van der Waals surface area contributed by atoms with E-state index in [1.165, 1.54) is 88.2 Å². The molecule has 0 N–H and O–H groups in total. The van der Waals surface area contributed by atoms with Crippen molar-refractivity contribution in [2.45, 2.75) is 0 Å². The molecule has 0 bridgehead atoms. The molecule has 13 rings (SSSR count). The molecule has 0 spiro atoms. The highest BCUT2D eigenvalue weighted by Crippen LogP contribution is 2.44. The molecular weight excluding hydrogens is 869 g/mol. The highest BCUT2D eigenvalue weighted by Gasteiger charge is 2.20. The van der Waals surface area contributed by atoms with Crippen LogP contribution in [0.1, 0.15) is 0 Å². The van der Waals surface area contributed by atoms with Crippen LogP contribution in [-0.2, 0) is 0 Å². The van der Waals surface area contributed by atoms with Crippen molar-refractivity contribution >= 4 is 49.6 Å². The number of hydrogen-bond acceptors (Lipinski definition) is 1. The lowest BCUT2D eigenvalue weighted by Crippen LogP contribution is -2.11. The van der Waals surface area contributed by atoms with Crippen molar-refractivity contribution in [3.05, 3.63) is 291 Å². The summed E-state index contributed by atoms with van der Waals surface area (Å²) in [4.78, 5) is 2.40. The number of nitrogens with zero attached hydrogens (tertiary/aromatic N) is 2. The van der Waals surface area contributed by atoms with Gasteiger partial charge >= 0.3 is 0 Å². The number of hydrogen-bond donors (Lipinski definition) is 0. The van der Waals surface area contributed by atoms with E-state index >= 15 is 0 Å². The van der Waals surface area contributed by atoms with E-state index in [2.05, 4.69) is 301 Å². The molecule has 13 aromatic rings. The third-order valence-corrected chi connectivity index (χ3v) is 14.2. The lowest BCUT2D eigenvalue weighted by Gasteiger charge is -2.28. The van der Waals surface area contributed by atoms with Crippen molar-refractivity contribution < 1.29 is 0 Å². The first kappa shape index (κ1) is 42.6. The van der Waals surface area contributed by atoms with E-state index in [9.17, 15) is 0 Å². The Bertz CT molecular complexity index is 4030. The molecule has 0 aliphatic rings. The molecule has 0 aliphatic carbocycles. The van der Waals surface area contributed by atoms with Gasteiger partial charge in [0.1, 0.15) is 0 Å². The maximum absolute atomic E-state index is 2.41. The van der Waals surface area contributed by atoms with Gasteiger partial charge in [-0.25, -0.2) is 0 Å². The van der Waals surface area contributed by atoms with Crippen LogP contribution in [-0.4, -0.2) is 4.57 Å². The van der Waals surface area contributed by atoms with Crippen LogP contribution in [0, 0.1) is 0 Å². The van der Waals surface area contributed by atoms with Crippen molar-refractivity contribution in [2.75, 3.05) is 4.90 Å². The smallest absolute Gasteiger partial charge is 0.0547 e. The molecule has 0 saturated carbocycles. The summed E-state index contributed by atoms with van der Waals surface area (Å²) in [7, 11) is 0. The molecular formula is C70H48N2. The molecule has 0 aliphatic heterocycles. The summed E-state index contributed by atoms with van der Waals surface area (Å²) >= 11 is 0. The summed E-state index contributed by atoms with van der Waals surface area (Å²) in [5, 5.41) is 5.00. The van der Waals surface area contributed by atoms with Crippen molar-refractivity contribution in [1.82, 2.24) is 4.57 Å². The van der Waals surface area contributed by atoms with E-state index in [0.29, 0.717) is 0 Å². The van der Waals surface area contributed by atoms with Gasteiger partial charge in [-0.05, 0) is 133 Å². The molecule has 0 amide bonds. The second-order valence-electron chi connectivity index (χ2n) is 18.5. The van der Waals surface area contributed by atoms with Gasteiger partial charge in [-0.15, -0.1) is 0 Å². The van der Waals surface area contributed by atoms with Crippen molar-refractivity contribution in [2.24, 2.45) is 0 Å². The van der Waals surface area contributed by atoms with Crippen molar-refractivity contribution in [3.63, 3.8) is 0 Å². The summed E-state index contributed by atoms with van der Waals surface area (Å²) in [6, 6.07) is 106. The Morgan fingerprint density at radius 2 is 0.667 bits per heavy atom. The zero-order chi connectivity index (χ0) is 47.8. The molecule has 0 unspecified atom stereocenters. The van der Waals surface area contributed by atoms with Gasteiger partial charge in [-0.1, -0.05) is 231 Å². The predicted octanol–water partition coefficient (Wildman–Crippen LogP) is 19.4. The van der Waals surface area contributed by atoms with Crippen LogP contribution in [0.15, 0.2) is 291 Å². The molecule has 338 valence electrons. The van der Waals surface area contributed by atoms with Gasteiger partial charge in [0.2, 0.25) is 0 Å². The molecule has 72 heavy (non-hydrogen) atoms. The second-order valence-corrected chi connectivity index (χ2v) is 18.5. The molecule has 0 atom stereocenters. The molecule has 0 saturated heterocycles. The van der Waals surface area contributed by atoms with Crippen LogP contribution >= 0.6 is 0 Å². The first-order valence-electron chi connectivity index (χ1n) is 24.7. The van der Waals surface area contributed by atoms with Crippen LogP contribution in [0.3, 0.4) is 0 Å². The Balaban J connectivity index is 0.887. The predicted molar refractivity (Wildman–Crippen MR) is 306 cm³/mol. The minimum Gasteiger partial charge on any atom is -0.310 e. The molecule has 2 nitrogen and oxygen atoms in total. The summed E-state index contributed by atoms with van der Waals surface area (Å²) < 4.78 is 2.41. The normalized spacial score (nSPS) is 11.3. The van der Waals surface area contributed by atoms with E-state index in [1.807, 2.05) is 0 Å². The number of fused-ring (bicyclic) bond motifs is 4. The third kappa shape index (κ3) is 7.82. The van der Waals surface area contributed by atoms with Gasteiger partial charge in [0.05, 0.1) is 16.7 Å². The fraction of sp³-hybridized carbons (Fsp3) is 0. The van der Waals surface area contributed by atoms with Gasteiger partial charge in [0.25, 0.3) is 0 Å². The summed E-state index contributed by atoms with van der Waals surface area (Å²) in [5.74, 6) is 0. The zero-order valence-corrected chi connectivity index (χ0v) is 39.6. The lowest BCUT2D eigenvalue weighted by atomic mass is 9.94. The largest absolute Gasteiger partial charge is 0.310 e. The number of benzene rings is 12. The van der Waals surface area contributed by atoms with Crippen LogP contribution in [0.5, 0.6) is 0 Å². The standard InChI is InChI=1S/C70H48N2/c1-3-16-49(17-4-1)52-36-42-59(43-37-52)71(60-44-38-54(39-45-60)51-32-34-56(35-33-51)63-27-14-21-55-20-7-8-24-62(55)63)67-29-11-9-25-64(67)57-22-13-23-58(48-57)65-28-15-31-69-70(65)66-26-10-12-30-68(66)72(69)61-46-40-53(41-47-61)50-18-5-2-6-19-50/h1-48H. The summed E-state index contributed by atoms with van der Waals surface area (Å²) in [6.45, 7) is 0. The quantitative estimate of drug-likeness (QED) is 0.133. The van der Waals surface area contributed by atoms with Gasteiger partial charge in [0, 0.05) is 33.4 Å². The fourth-order valence-electron chi connectivity index (χ4n) is 10.7. The average Bonchev–Trinajstić information content (AvgIpc) is 3.81. The summed E-state index contributed by atoms with van der Waals surface area (Å²) in [6.07, 6.45) is 0. The topological polar surface area (TPSA) is 8.17 Å². The average molecular weight is 917 g/mol. The lowest BCUT2D eigenvalue weighted by molar-refractivity contribution is 1.18. The minimum atomic E-state index is 1.08. The first-order chi connectivity index (χ1) is 35.7. The van der Waals surface area contributed by atoms with Crippen LogP contribution in [0.2, 0.25) is 0 Å². The number of rotatable bonds is 10. The van der Waals surface area contributed by atoms with E-state index in [1.54, 1.807) is 0 Å². The zero-order valence-electron chi connectivity index (χ0n) is 39.6. The summed E-state index contributed by atoms with van der Waals surface area (Å²) in [5.41, 5.74) is 21.1. The van der Waals surface area contributed by atoms with E-state index in [0.717, 1.165) is 33.9 Å². The first-order valence-corrected chi connectivity index (χ1v) is 24.7. The highest BCUT2D eigenvalue weighted by molar-refractivity contribution is 6.16. The van der Waals surface area contributed by atoms with Gasteiger partial charge in [-0.3, -0.25) is 0 Å². The Morgan fingerprint density at radius 1 is 0.250 bits per heavy atom. The van der Waals surface area contributed by atoms with E-state index in [4.69, 9.17) is 0 Å². The van der Waals surface area contributed by atoms with E-state index in [-0.39, 0.29) is 0 Å². The molecule has 2 heteroatoms. The van der Waals surface area contributed by atoms with Crippen molar-refractivity contribution in [1.29, 1.82) is 0 Å². The third-order valence-electron chi connectivity index (χ3n) is 14.2. The maximum atomic E-state index is 2.41. The monoisotopic (exact) mass is 916 g/mol. The van der Waals surface area contributed by atoms with E-state index < -0.39 is 0 Å². The Kier molecular flexibility index (Phi) is 10.9.